The van der Waals surface area contributed by atoms with Gasteiger partial charge in [0.25, 0.3) is 17.4 Å². The van der Waals surface area contributed by atoms with Gasteiger partial charge in [0, 0.05) is 19.2 Å². The van der Waals surface area contributed by atoms with Gasteiger partial charge in [-0.2, -0.15) is 5.10 Å². The first-order valence-corrected chi connectivity index (χ1v) is 7.76. The van der Waals surface area contributed by atoms with Crippen LogP contribution in [0.4, 0.5) is 0 Å². The summed E-state index contributed by atoms with van der Waals surface area (Å²) in [7, 11) is 0. The third-order valence-corrected chi connectivity index (χ3v) is 3.33. The largest absolute Gasteiger partial charge is 0.484 e. The summed E-state index contributed by atoms with van der Waals surface area (Å²) in [5.74, 6) is -0.0494. The van der Waals surface area contributed by atoms with Crippen LogP contribution in [0.2, 0.25) is 0 Å². The van der Waals surface area contributed by atoms with Crippen molar-refractivity contribution >= 4 is 11.8 Å². The van der Waals surface area contributed by atoms with Crippen LogP contribution in [-0.4, -0.2) is 41.7 Å². The van der Waals surface area contributed by atoms with Crippen molar-refractivity contribution in [3.8, 4) is 5.75 Å². The molecule has 2 aromatic rings. The topological polar surface area (TPSA) is 113 Å². The fraction of sp³-hybridized carbons (Fsp3) is 0.294. The van der Waals surface area contributed by atoms with E-state index in [1.165, 1.54) is 12.1 Å². The molecule has 0 spiro atoms. The molecular weight excluding hydrogens is 324 g/mol. The lowest BCUT2D eigenvalue weighted by Crippen LogP contribution is -2.37. The highest BCUT2D eigenvalue weighted by Gasteiger charge is 2.07. The normalized spacial score (nSPS) is 10.2. The number of ether oxygens (including phenoxy) is 1. The second-order valence-corrected chi connectivity index (χ2v) is 5.47. The van der Waals surface area contributed by atoms with E-state index >= 15 is 0 Å². The van der Waals surface area contributed by atoms with E-state index < -0.39 is 5.91 Å². The number of hydrogen-bond acceptors (Lipinski definition) is 5. The zero-order valence-corrected chi connectivity index (χ0v) is 14.1. The van der Waals surface area contributed by atoms with Gasteiger partial charge in [-0.1, -0.05) is 17.7 Å². The molecule has 1 aromatic carbocycles. The molecule has 0 fully saturated rings. The molecule has 25 heavy (non-hydrogen) atoms. The van der Waals surface area contributed by atoms with Crippen LogP contribution in [0.5, 0.6) is 5.75 Å². The van der Waals surface area contributed by atoms with Crippen molar-refractivity contribution in [2.75, 3.05) is 19.7 Å². The van der Waals surface area contributed by atoms with E-state index in [4.69, 9.17) is 4.74 Å². The van der Waals surface area contributed by atoms with E-state index in [1.54, 1.807) is 0 Å². The summed E-state index contributed by atoms with van der Waals surface area (Å²) in [4.78, 5) is 34.4. The Morgan fingerprint density at radius 3 is 2.56 bits per heavy atom. The van der Waals surface area contributed by atoms with E-state index in [2.05, 4.69) is 20.8 Å². The van der Waals surface area contributed by atoms with Gasteiger partial charge in [-0.3, -0.25) is 14.4 Å². The Morgan fingerprint density at radius 1 is 1.12 bits per heavy atom. The summed E-state index contributed by atoms with van der Waals surface area (Å²) in [5.41, 5.74) is 1.81. The molecule has 0 bridgehead atoms. The van der Waals surface area contributed by atoms with Gasteiger partial charge in [-0.25, -0.2) is 5.10 Å². The van der Waals surface area contributed by atoms with Crippen LogP contribution in [0.15, 0.2) is 35.1 Å². The van der Waals surface area contributed by atoms with Crippen LogP contribution in [0.3, 0.4) is 0 Å². The third-order valence-electron chi connectivity index (χ3n) is 3.33. The summed E-state index contributed by atoms with van der Waals surface area (Å²) in [6.45, 7) is 4.29. The molecule has 1 aromatic heterocycles. The summed E-state index contributed by atoms with van der Waals surface area (Å²) in [5, 5.41) is 11.0. The first kappa shape index (κ1) is 18.2. The first-order chi connectivity index (χ1) is 12.0. The quantitative estimate of drug-likeness (QED) is 0.626. The molecule has 0 saturated heterocycles. The van der Waals surface area contributed by atoms with Crippen molar-refractivity contribution in [2.45, 2.75) is 13.8 Å². The standard InChI is InChI=1S/C17H20N4O4/c1-11-3-5-14(12(2)9-11)25-10-16(23)18-7-8-19-17(24)13-4-6-15(22)21-20-13/h3-6,9H,7-8,10H2,1-2H3,(H,18,23)(H,19,24)(H,21,22). The highest BCUT2D eigenvalue weighted by atomic mass is 16.5. The number of hydrogen-bond donors (Lipinski definition) is 3. The Balaban J connectivity index is 1.67. The second kappa shape index (κ2) is 8.62. The lowest BCUT2D eigenvalue weighted by Gasteiger charge is -2.10. The summed E-state index contributed by atoms with van der Waals surface area (Å²) >= 11 is 0. The number of nitrogens with one attached hydrogen (secondary N) is 3. The Morgan fingerprint density at radius 2 is 1.88 bits per heavy atom. The van der Waals surface area contributed by atoms with Crippen molar-refractivity contribution in [2.24, 2.45) is 0 Å². The van der Waals surface area contributed by atoms with E-state index in [1.807, 2.05) is 32.0 Å². The number of carbonyl (C=O) groups excluding carboxylic acids is 2. The van der Waals surface area contributed by atoms with Crippen LogP contribution in [0.25, 0.3) is 0 Å². The predicted molar refractivity (Wildman–Crippen MR) is 91.6 cm³/mol. The number of amides is 2. The third kappa shape index (κ3) is 5.76. The van der Waals surface area contributed by atoms with Gasteiger partial charge in [-0.05, 0) is 31.5 Å². The van der Waals surface area contributed by atoms with Crippen molar-refractivity contribution in [1.29, 1.82) is 0 Å². The van der Waals surface area contributed by atoms with Crippen LogP contribution < -0.4 is 20.9 Å². The van der Waals surface area contributed by atoms with Crippen LogP contribution in [0.1, 0.15) is 21.6 Å². The lowest BCUT2D eigenvalue weighted by atomic mass is 10.1. The first-order valence-electron chi connectivity index (χ1n) is 7.76. The molecule has 8 heteroatoms. The zero-order chi connectivity index (χ0) is 18.2. The fourth-order valence-electron chi connectivity index (χ4n) is 2.10. The van der Waals surface area contributed by atoms with Crippen molar-refractivity contribution in [1.82, 2.24) is 20.8 Å². The number of aromatic amines is 1. The SMILES string of the molecule is Cc1ccc(OCC(=O)NCCNC(=O)c2ccc(=O)[nH]n2)c(C)c1. The summed E-state index contributed by atoms with van der Waals surface area (Å²) in [6.07, 6.45) is 0. The molecule has 2 rings (SSSR count). The monoisotopic (exact) mass is 344 g/mol. The number of aryl methyl sites for hydroxylation is 2. The highest BCUT2D eigenvalue weighted by Crippen LogP contribution is 2.18. The number of rotatable bonds is 7. The smallest absolute Gasteiger partial charge is 0.271 e. The van der Waals surface area contributed by atoms with Gasteiger partial charge in [0.05, 0.1) is 0 Å². The Labute approximate surface area is 144 Å². The van der Waals surface area contributed by atoms with Gasteiger partial charge < -0.3 is 15.4 Å². The Kier molecular flexibility index (Phi) is 6.27. The minimum absolute atomic E-state index is 0.0979. The minimum Gasteiger partial charge on any atom is -0.484 e. The van der Waals surface area contributed by atoms with Gasteiger partial charge in [-0.15, -0.1) is 0 Å². The summed E-state index contributed by atoms with van der Waals surface area (Å²) < 4.78 is 5.47. The molecule has 0 radical (unpaired) electrons. The van der Waals surface area contributed by atoms with Crippen LogP contribution >= 0.6 is 0 Å². The van der Waals surface area contributed by atoms with Crippen molar-refractivity contribution in [3.63, 3.8) is 0 Å². The maximum absolute atomic E-state index is 11.7. The Bertz CT molecular complexity index is 796. The maximum Gasteiger partial charge on any atom is 0.271 e. The molecule has 0 atom stereocenters. The van der Waals surface area contributed by atoms with E-state index in [-0.39, 0.29) is 36.9 Å². The molecule has 0 aliphatic rings. The lowest BCUT2D eigenvalue weighted by molar-refractivity contribution is -0.123. The molecule has 0 aliphatic heterocycles. The van der Waals surface area contributed by atoms with E-state index in [0.717, 1.165) is 11.1 Å². The molecule has 8 nitrogen and oxygen atoms in total. The number of aromatic nitrogens is 2. The number of carbonyl (C=O) groups is 2. The fourth-order valence-corrected chi connectivity index (χ4v) is 2.10. The number of H-pyrrole nitrogens is 1. The molecule has 0 unspecified atom stereocenters. The van der Waals surface area contributed by atoms with Crippen molar-refractivity contribution < 1.29 is 14.3 Å². The average Bonchev–Trinajstić information content (AvgIpc) is 2.58. The van der Waals surface area contributed by atoms with E-state index in [0.29, 0.717) is 5.75 Å². The van der Waals surface area contributed by atoms with Gasteiger partial charge in [0.1, 0.15) is 11.4 Å². The average molecular weight is 344 g/mol. The number of benzene rings is 1. The van der Waals surface area contributed by atoms with Gasteiger partial charge in [0.15, 0.2) is 6.61 Å². The van der Waals surface area contributed by atoms with Crippen molar-refractivity contribution in [3.05, 3.63) is 57.5 Å². The highest BCUT2D eigenvalue weighted by molar-refractivity contribution is 5.92. The van der Waals surface area contributed by atoms with E-state index in [9.17, 15) is 14.4 Å². The predicted octanol–water partition coefficient (Wildman–Crippen LogP) is 0.312. The molecule has 2 amide bonds. The van der Waals surface area contributed by atoms with Crippen LogP contribution in [0, 0.1) is 13.8 Å². The molecule has 3 N–H and O–H groups in total. The van der Waals surface area contributed by atoms with Crippen LogP contribution in [-0.2, 0) is 4.79 Å². The molecule has 1 heterocycles. The Hall–Kier alpha value is -3.16. The number of nitrogens with zero attached hydrogens (tertiary/aromatic N) is 1. The molecule has 132 valence electrons. The molecular formula is C17H20N4O4. The van der Waals surface area contributed by atoms with Gasteiger partial charge in [0.2, 0.25) is 0 Å². The molecule has 0 aliphatic carbocycles. The van der Waals surface area contributed by atoms with Gasteiger partial charge >= 0.3 is 0 Å². The maximum atomic E-state index is 11.7. The molecule has 0 saturated carbocycles. The zero-order valence-electron chi connectivity index (χ0n) is 14.1. The summed E-state index contributed by atoms with van der Waals surface area (Å²) in [6, 6.07) is 8.27. The minimum atomic E-state index is -0.433. The second-order valence-electron chi connectivity index (χ2n) is 5.47.